The molecule has 3 rings (SSSR count). The van der Waals surface area contributed by atoms with E-state index in [2.05, 4.69) is 20.6 Å². The second-order valence-corrected chi connectivity index (χ2v) is 8.51. The molecule has 0 radical (unpaired) electrons. The van der Waals surface area contributed by atoms with Crippen LogP contribution in [-0.4, -0.2) is 33.6 Å². The van der Waals surface area contributed by atoms with Crippen molar-refractivity contribution in [3.8, 4) is 10.6 Å². The zero-order valence-corrected chi connectivity index (χ0v) is 17.9. The SMILES string of the molecule is CC(C)(C)OC(=O)NC(Cc1ccccc1)C(=O)Nc1csc(-c2ccncc2)n1. The first-order valence-corrected chi connectivity index (χ1v) is 10.4. The lowest BCUT2D eigenvalue weighted by Gasteiger charge is -2.23. The van der Waals surface area contributed by atoms with Gasteiger partial charge < -0.3 is 15.4 Å². The van der Waals surface area contributed by atoms with Crippen molar-refractivity contribution in [2.45, 2.75) is 38.8 Å². The van der Waals surface area contributed by atoms with E-state index in [1.54, 1.807) is 38.5 Å². The Labute approximate surface area is 179 Å². The molecular formula is C22H24N4O3S. The molecule has 0 aliphatic carbocycles. The maximum Gasteiger partial charge on any atom is 0.408 e. The Kier molecular flexibility index (Phi) is 6.79. The summed E-state index contributed by atoms with van der Waals surface area (Å²) in [6.45, 7) is 5.32. The number of rotatable bonds is 6. The average Bonchev–Trinajstić information content (AvgIpc) is 3.16. The molecule has 0 saturated carbocycles. The number of aromatic nitrogens is 2. The number of thiazole rings is 1. The standard InChI is InChI=1S/C22H24N4O3S/c1-22(2,3)29-21(28)24-17(13-15-7-5-4-6-8-15)19(27)25-18-14-30-20(26-18)16-9-11-23-12-10-16/h4-12,14,17H,13H2,1-3H3,(H,24,28)(H,25,27). The van der Waals surface area contributed by atoms with Crippen LogP contribution in [0.5, 0.6) is 0 Å². The maximum absolute atomic E-state index is 12.9. The van der Waals surface area contributed by atoms with Gasteiger partial charge in [0, 0.05) is 29.8 Å². The third-order valence-electron chi connectivity index (χ3n) is 3.97. The molecule has 1 unspecified atom stereocenters. The van der Waals surface area contributed by atoms with E-state index in [-0.39, 0.29) is 5.91 Å². The number of anilines is 1. The summed E-state index contributed by atoms with van der Waals surface area (Å²) >= 11 is 1.42. The fourth-order valence-corrected chi connectivity index (χ4v) is 3.44. The number of alkyl carbamates (subject to hydrolysis) is 1. The highest BCUT2D eigenvalue weighted by Gasteiger charge is 2.25. The Morgan fingerprint density at radius 2 is 1.80 bits per heavy atom. The predicted molar refractivity (Wildman–Crippen MR) is 117 cm³/mol. The lowest BCUT2D eigenvalue weighted by molar-refractivity contribution is -0.118. The maximum atomic E-state index is 12.9. The molecule has 2 aromatic heterocycles. The largest absolute Gasteiger partial charge is 0.444 e. The molecule has 30 heavy (non-hydrogen) atoms. The first-order valence-electron chi connectivity index (χ1n) is 9.50. The van der Waals surface area contributed by atoms with Crippen molar-refractivity contribution >= 4 is 29.2 Å². The van der Waals surface area contributed by atoms with Crippen LogP contribution in [0.1, 0.15) is 26.3 Å². The molecule has 0 spiro atoms. The van der Waals surface area contributed by atoms with Gasteiger partial charge in [-0.2, -0.15) is 0 Å². The number of nitrogens with zero attached hydrogens (tertiary/aromatic N) is 2. The van der Waals surface area contributed by atoms with Gasteiger partial charge in [0.25, 0.3) is 0 Å². The highest BCUT2D eigenvalue weighted by atomic mass is 32.1. The van der Waals surface area contributed by atoms with E-state index >= 15 is 0 Å². The molecule has 0 bridgehead atoms. The molecule has 2 heterocycles. The monoisotopic (exact) mass is 424 g/mol. The van der Waals surface area contributed by atoms with Crippen LogP contribution in [0.2, 0.25) is 0 Å². The second kappa shape index (κ2) is 9.49. The Morgan fingerprint density at radius 1 is 1.10 bits per heavy atom. The third-order valence-corrected chi connectivity index (χ3v) is 4.86. The number of ether oxygens (including phenoxy) is 1. The van der Waals surface area contributed by atoms with E-state index < -0.39 is 17.7 Å². The molecule has 8 heteroatoms. The molecular weight excluding hydrogens is 400 g/mol. The van der Waals surface area contributed by atoms with E-state index in [0.717, 1.165) is 16.1 Å². The van der Waals surface area contributed by atoms with Crippen molar-refractivity contribution in [3.63, 3.8) is 0 Å². The van der Waals surface area contributed by atoms with Gasteiger partial charge in [0.1, 0.15) is 22.5 Å². The Hall–Kier alpha value is -3.26. The van der Waals surface area contributed by atoms with E-state index in [1.165, 1.54) is 11.3 Å². The number of pyridine rings is 1. The van der Waals surface area contributed by atoms with Crippen LogP contribution in [0.25, 0.3) is 10.6 Å². The molecule has 156 valence electrons. The van der Waals surface area contributed by atoms with E-state index in [9.17, 15) is 9.59 Å². The minimum absolute atomic E-state index is 0.327. The van der Waals surface area contributed by atoms with Crippen molar-refractivity contribution in [2.24, 2.45) is 0 Å². The van der Waals surface area contributed by atoms with Gasteiger partial charge in [0.05, 0.1) is 0 Å². The van der Waals surface area contributed by atoms with Crippen molar-refractivity contribution < 1.29 is 14.3 Å². The summed E-state index contributed by atoms with van der Waals surface area (Å²) in [6.07, 6.45) is 3.06. The van der Waals surface area contributed by atoms with Crippen LogP contribution < -0.4 is 10.6 Å². The lowest BCUT2D eigenvalue weighted by atomic mass is 10.1. The number of carbonyl (C=O) groups excluding carboxylic acids is 2. The van der Waals surface area contributed by atoms with Crippen molar-refractivity contribution in [2.75, 3.05) is 5.32 Å². The molecule has 0 aliphatic heterocycles. The average molecular weight is 425 g/mol. The molecule has 2 amide bonds. The highest BCUT2D eigenvalue weighted by Crippen LogP contribution is 2.25. The fraction of sp³-hybridized carbons (Fsp3) is 0.273. The van der Waals surface area contributed by atoms with Gasteiger partial charge in [-0.05, 0) is 38.5 Å². The van der Waals surface area contributed by atoms with Gasteiger partial charge in [0.15, 0.2) is 0 Å². The summed E-state index contributed by atoms with van der Waals surface area (Å²) in [5, 5.41) is 8.01. The first-order chi connectivity index (χ1) is 14.3. The summed E-state index contributed by atoms with van der Waals surface area (Å²) in [7, 11) is 0. The Morgan fingerprint density at radius 3 is 2.47 bits per heavy atom. The van der Waals surface area contributed by atoms with Gasteiger partial charge in [-0.15, -0.1) is 11.3 Å². The fourth-order valence-electron chi connectivity index (χ4n) is 2.68. The second-order valence-electron chi connectivity index (χ2n) is 7.65. The van der Waals surface area contributed by atoms with E-state index in [1.807, 2.05) is 42.5 Å². The zero-order chi connectivity index (χ0) is 21.6. The van der Waals surface area contributed by atoms with Crippen LogP contribution in [0, 0.1) is 0 Å². The molecule has 3 aromatic rings. The number of amides is 2. The predicted octanol–water partition coefficient (Wildman–Crippen LogP) is 4.28. The molecule has 1 atom stereocenters. The third kappa shape index (κ3) is 6.38. The van der Waals surface area contributed by atoms with Crippen molar-refractivity contribution in [1.82, 2.24) is 15.3 Å². The van der Waals surface area contributed by atoms with Crippen LogP contribution in [0.4, 0.5) is 10.6 Å². The van der Waals surface area contributed by atoms with Crippen molar-refractivity contribution in [3.05, 3.63) is 65.8 Å². The van der Waals surface area contributed by atoms with Gasteiger partial charge in [-0.25, -0.2) is 9.78 Å². The number of nitrogens with one attached hydrogen (secondary N) is 2. The number of carbonyl (C=O) groups is 2. The summed E-state index contributed by atoms with van der Waals surface area (Å²) in [5.74, 6) is 0.0668. The smallest absolute Gasteiger partial charge is 0.408 e. The van der Waals surface area contributed by atoms with Crippen LogP contribution in [0.3, 0.4) is 0 Å². The van der Waals surface area contributed by atoms with E-state index in [0.29, 0.717) is 12.2 Å². The van der Waals surface area contributed by atoms with Crippen LogP contribution in [-0.2, 0) is 16.0 Å². The Balaban J connectivity index is 1.72. The number of hydrogen-bond acceptors (Lipinski definition) is 6. The minimum atomic E-state index is -0.812. The lowest BCUT2D eigenvalue weighted by Crippen LogP contribution is -2.47. The summed E-state index contributed by atoms with van der Waals surface area (Å²) < 4.78 is 5.32. The summed E-state index contributed by atoms with van der Waals surface area (Å²) in [4.78, 5) is 33.7. The van der Waals surface area contributed by atoms with Gasteiger partial charge in [0.2, 0.25) is 5.91 Å². The minimum Gasteiger partial charge on any atom is -0.444 e. The molecule has 1 aromatic carbocycles. The van der Waals surface area contributed by atoms with Gasteiger partial charge in [-0.3, -0.25) is 9.78 Å². The van der Waals surface area contributed by atoms with Gasteiger partial charge >= 0.3 is 6.09 Å². The molecule has 0 aliphatic rings. The Bertz CT molecular complexity index is 984. The van der Waals surface area contributed by atoms with Crippen molar-refractivity contribution in [1.29, 1.82) is 0 Å². The summed E-state index contributed by atoms with van der Waals surface area (Å²) in [5.41, 5.74) is 1.18. The molecule has 7 nitrogen and oxygen atoms in total. The van der Waals surface area contributed by atoms with E-state index in [4.69, 9.17) is 4.74 Å². The molecule has 0 fully saturated rings. The van der Waals surface area contributed by atoms with Crippen LogP contribution in [0.15, 0.2) is 60.2 Å². The quantitative estimate of drug-likeness (QED) is 0.616. The number of hydrogen-bond donors (Lipinski definition) is 2. The van der Waals surface area contributed by atoms with Crippen LogP contribution >= 0.6 is 11.3 Å². The molecule has 0 saturated heterocycles. The number of benzene rings is 1. The normalized spacial score (nSPS) is 12.1. The first kappa shape index (κ1) is 21.4. The molecule has 2 N–H and O–H groups in total. The highest BCUT2D eigenvalue weighted by molar-refractivity contribution is 7.13. The zero-order valence-electron chi connectivity index (χ0n) is 17.1. The summed E-state index contributed by atoms with van der Waals surface area (Å²) in [6, 6.07) is 12.4. The van der Waals surface area contributed by atoms with Gasteiger partial charge in [-0.1, -0.05) is 30.3 Å². The topological polar surface area (TPSA) is 93.2 Å².